The number of nitrogens with two attached hydrogens (primary N) is 1. The van der Waals surface area contributed by atoms with Crippen LogP contribution in [-0.2, 0) is 26.3 Å². The van der Waals surface area contributed by atoms with Gasteiger partial charge in [-0.3, -0.25) is 16.0 Å². The molecule has 0 saturated heterocycles. The van der Waals surface area contributed by atoms with Crippen molar-refractivity contribution in [3.63, 3.8) is 0 Å². The van der Waals surface area contributed by atoms with Gasteiger partial charge in [-0.1, -0.05) is 18.2 Å². The van der Waals surface area contributed by atoms with E-state index in [9.17, 15) is 0 Å². The molecular formula is C15H20N4. The Kier molecular flexibility index (Phi) is 3.36. The zero-order chi connectivity index (χ0) is 13.2. The topological polar surface area (TPSA) is 55.9 Å². The Morgan fingerprint density at radius 3 is 2.95 bits per heavy atom. The molecule has 0 spiro atoms. The largest absolute Gasteiger partial charge is 0.276 e. The number of aromatic nitrogens is 2. The van der Waals surface area contributed by atoms with Gasteiger partial charge in [0.15, 0.2) is 0 Å². The lowest BCUT2D eigenvalue weighted by Gasteiger charge is -2.16. The number of hydrogen-bond acceptors (Lipinski definition) is 3. The fraction of sp³-hybridized carbons (Fsp3) is 0.400. The molecule has 0 bridgehead atoms. The molecule has 1 aliphatic carbocycles. The summed E-state index contributed by atoms with van der Waals surface area (Å²) in [6.07, 6.45) is 8.51. The molecule has 1 aromatic heterocycles. The minimum Gasteiger partial charge on any atom is -0.276 e. The average Bonchev–Trinajstić information content (AvgIpc) is 3.03. The summed E-state index contributed by atoms with van der Waals surface area (Å²) in [5, 5.41) is 4.20. The van der Waals surface area contributed by atoms with Gasteiger partial charge in [-0.25, -0.2) is 0 Å². The van der Waals surface area contributed by atoms with E-state index < -0.39 is 0 Å². The maximum atomic E-state index is 5.73. The quantitative estimate of drug-likeness (QED) is 0.646. The molecule has 2 aromatic rings. The molecule has 100 valence electrons. The van der Waals surface area contributed by atoms with E-state index >= 15 is 0 Å². The predicted octanol–water partition coefficient (Wildman–Crippen LogP) is 1.66. The first-order chi connectivity index (χ1) is 9.26. The number of hydrogen-bond donors (Lipinski definition) is 2. The molecule has 1 aliphatic rings. The monoisotopic (exact) mass is 256 g/mol. The second-order valence-electron chi connectivity index (χ2n) is 5.33. The summed E-state index contributed by atoms with van der Waals surface area (Å²) < 4.78 is 1.83. The summed E-state index contributed by atoms with van der Waals surface area (Å²) in [4.78, 5) is 0. The molecule has 0 radical (unpaired) electrons. The molecule has 1 atom stereocenters. The van der Waals surface area contributed by atoms with Gasteiger partial charge in [0.05, 0.1) is 12.2 Å². The van der Waals surface area contributed by atoms with Crippen LogP contribution in [0.4, 0.5) is 0 Å². The number of nitrogens with one attached hydrogen (secondary N) is 1. The fourth-order valence-electron chi connectivity index (χ4n) is 2.89. The van der Waals surface area contributed by atoms with Gasteiger partial charge in [-0.2, -0.15) is 5.10 Å². The van der Waals surface area contributed by atoms with E-state index in [-0.39, 0.29) is 6.04 Å². The van der Waals surface area contributed by atoms with Gasteiger partial charge in [-0.05, 0) is 47.9 Å². The third-order valence-electron chi connectivity index (χ3n) is 3.92. The van der Waals surface area contributed by atoms with Crippen LogP contribution >= 0.6 is 0 Å². The lowest BCUT2D eigenvalue weighted by atomic mass is 9.97. The highest BCUT2D eigenvalue weighted by molar-refractivity contribution is 5.37. The van der Waals surface area contributed by atoms with Gasteiger partial charge in [0.25, 0.3) is 0 Å². The molecule has 0 amide bonds. The summed E-state index contributed by atoms with van der Waals surface area (Å²) >= 11 is 0. The van der Waals surface area contributed by atoms with E-state index in [0.717, 1.165) is 6.42 Å². The van der Waals surface area contributed by atoms with Crippen molar-refractivity contribution >= 4 is 0 Å². The van der Waals surface area contributed by atoms with Crippen molar-refractivity contribution in [1.82, 2.24) is 15.2 Å². The van der Waals surface area contributed by atoms with Crippen molar-refractivity contribution in [2.24, 2.45) is 12.9 Å². The minimum absolute atomic E-state index is 0.148. The molecule has 0 saturated carbocycles. The molecule has 4 heteroatoms. The number of rotatable bonds is 4. The standard InChI is InChI=1S/C15H20N4/c1-19-10-11(9-17-19)7-15(18-16)14-6-5-12-3-2-4-13(12)8-14/h5-6,8-10,15,18H,2-4,7,16H2,1H3. The predicted molar refractivity (Wildman–Crippen MR) is 75.4 cm³/mol. The number of hydrazine groups is 1. The lowest BCUT2D eigenvalue weighted by molar-refractivity contribution is 0.551. The van der Waals surface area contributed by atoms with Crippen LogP contribution in [0.5, 0.6) is 0 Å². The molecule has 3 N–H and O–H groups in total. The maximum absolute atomic E-state index is 5.73. The summed E-state index contributed by atoms with van der Waals surface area (Å²) in [6.45, 7) is 0. The van der Waals surface area contributed by atoms with Crippen molar-refractivity contribution in [2.45, 2.75) is 31.7 Å². The smallest absolute Gasteiger partial charge is 0.0522 e. The van der Waals surface area contributed by atoms with E-state index in [4.69, 9.17) is 5.84 Å². The molecule has 3 rings (SSSR count). The Labute approximate surface area is 113 Å². The van der Waals surface area contributed by atoms with Crippen LogP contribution < -0.4 is 11.3 Å². The van der Waals surface area contributed by atoms with E-state index in [0.29, 0.717) is 0 Å². The second kappa shape index (κ2) is 5.15. The molecule has 1 aromatic carbocycles. The van der Waals surface area contributed by atoms with Crippen molar-refractivity contribution in [3.8, 4) is 0 Å². The Balaban J connectivity index is 1.82. The van der Waals surface area contributed by atoms with Crippen LogP contribution in [0.15, 0.2) is 30.6 Å². The fourth-order valence-corrected chi connectivity index (χ4v) is 2.89. The summed E-state index contributed by atoms with van der Waals surface area (Å²) in [7, 11) is 1.93. The SMILES string of the molecule is Cn1cc(CC(NN)c2ccc3c(c2)CCC3)cn1. The average molecular weight is 256 g/mol. The van der Waals surface area contributed by atoms with Crippen LogP contribution in [0.3, 0.4) is 0 Å². The van der Waals surface area contributed by atoms with E-state index in [1.165, 1.54) is 41.5 Å². The molecule has 1 unspecified atom stereocenters. The molecule has 19 heavy (non-hydrogen) atoms. The van der Waals surface area contributed by atoms with Crippen LogP contribution in [0.1, 0.15) is 34.7 Å². The third-order valence-corrected chi connectivity index (χ3v) is 3.92. The van der Waals surface area contributed by atoms with Crippen LogP contribution in [0.25, 0.3) is 0 Å². The molecular weight excluding hydrogens is 236 g/mol. The highest BCUT2D eigenvalue weighted by Gasteiger charge is 2.16. The summed E-state index contributed by atoms with van der Waals surface area (Å²) in [5.74, 6) is 5.73. The van der Waals surface area contributed by atoms with E-state index in [2.05, 4.69) is 28.7 Å². The van der Waals surface area contributed by atoms with Crippen LogP contribution in [0, 0.1) is 0 Å². The first kappa shape index (κ1) is 12.4. The lowest BCUT2D eigenvalue weighted by Crippen LogP contribution is -2.29. The zero-order valence-corrected chi connectivity index (χ0v) is 11.3. The zero-order valence-electron chi connectivity index (χ0n) is 11.3. The van der Waals surface area contributed by atoms with Gasteiger partial charge in [0.1, 0.15) is 0 Å². The van der Waals surface area contributed by atoms with Gasteiger partial charge in [0, 0.05) is 13.2 Å². The molecule has 1 heterocycles. The van der Waals surface area contributed by atoms with Crippen molar-refractivity contribution < 1.29 is 0 Å². The van der Waals surface area contributed by atoms with Crippen molar-refractivity contribution in [2.75, 3.05) is 0 Å². The second-order valence-corrected chi connectivity index (χ2v) is 5.33. The minimum atomic E-state index is 0.148. The van der Waals surface area contributed by atoms with E-state index in [1.54, 1.807) is 0 Å². The summed E-state index contributed by atoms with van der Waals surface area (Å²) in [6, 6.07) is 6.91. The Morgan fingerprint density at radius 1 is 1.37 bits per heavy atom. The number of fused-ring (bicyclic) bond motifs is 1. The maximum Gasteiger partial charge on any atom is 0.0522 e. The van der Waals surface area contributed by atoms with Crippen molar-refractivity contribution in [3.05, 3.63) is 52.8 Å². The van der Waals surface area contributed by atoms with Crippen LogP contribution in [0.2, 0.25) is 0 Å². The third kappa shape index (κ3) is 2.55. The summed E-state index contributed by atoms with van der Waals surface area (Å²) in [5.41, 5.74) is 8.39. The first-order valence-electron chi connectivity index (χ1n) is 6.81. The molecule has 0 aliphatic heterocycles. The highest BCUT2D eigenvalue weighted by Crippen LogP contribution is 2.26. The number of nitrogens with zero attached hydrogens (tertiary/aromatic N) is 2. The molecule has 4 nitrogen and oxygen atoms in total. The van der Waals surface area contributed by atoms with Gasteiger partial charge < -0.3 is 0 Å². The highest BCUT2D eigenvalue weighted by atomic mass is 15.2. The van der Waals surface area contributed by atoms with Crippen LogP contribution in [-0.4, -0.2) is 9.78 Å². The van der Waals surface area contributed by atoms with Gasteiger partial charge >= 0.3 is 0 Å². The first-order valence-corrected chi connectivity index (χ1v) is 6.81. The molecule has 0 fully saturated rings. The Morgan fingerprint density at radius 2 is 2.21 bits per heavy atom. The Bertz CT molecular complexity index is 573. The number of benzene rings is 1. The van der Waals surface area contributed by atoms with Gasteiger partial charge in [0.2, 0.25) is 0 Å². The van der Waals surface area contributed by atoms with Crippen molar-refractivity contribution in [1.29, 1.82) is 0 Å². The van der Waals surface area contributed by atoms with Gasteiger partial charge in [-0.15, -0.1) is 0 Å². The number of aryl methyl sites for hydroxylation is 3. The normalized spacial score (nSPS) is 15.5. The Hall–Kier alpha value is -1.65. The van der Waals surface area contributed by atoms with E-state index in [1.807, 2.05) is 24.1 Å².